The number of benzene rings is 2. The molecular weight excluding hydrogens is 592 g/mol. The fourth-order valence-corrected chi connectivity index (χ4v) is 11.0. The number of carbonyl (C=O) groups is 1. The number of aryl methyl sites for hydroxylation is 1. The average molecular weight is 639 g/mol. The molecule has 0 radical (unpaired) electrons. The first kappa shape index (κ1) is 31.5. The first-order valence-electron chi connectivity index (χ1n) is 16.2. The lowest BCUT2D eigenvalue weighted by atomic mass is 9.68. The highest BCUT2D eigenvalue weighted by molar-refractivity contribution is 7.99. The molecule has 0 saturated heterocycles. The number of amides is 1. The summed E-state index contributed by atoms with van der Waals surface area (Å²) in [6.45, 7) is 8.42. The summed E-state index contributed by atoms with van der Waals surface area (Å²) < 4.78 is 29.7. The Morgan fingerprint density at radius 3 is 2.75 bits per heavy atom. The maximum absolute atomic E-state index is 14.1. The quantitative estimate of drug-likeness (QED) is 0.288. The lowest BCUT2D eigenvalue weighted by molar-refractivity contribution is 0.0131. The molecule has 2 aliphatic carbocycles. The summed E-state index contributed by atoms with van der Waals surface area (Å²) >= 11 is 6.44. The van der Waals surface area contributed by atoms with E-state index in [1.165, 1.54) is 11.1 Å². The van der Waals surface area contributed by atoms with Crippen molar-refractivity contribution in [3.05, 3.63) is 70.3 Å². The van der Waals surface area contributed by atoms with Gasteiger partial charge in [-0.05, 0) is 110 Å². The van der Waals surface area contributed by atoms with Crippen molar-refractivity contribution in [2.75, 3.05) is 31.7 Å². The van der Waals surface area contributed by atoms with Gasteiger partial charge in [0.25, 0.3) is 5.91 Å². The molecule has 4 aliphatic rings. The predicted octanol–water partition coefficient (Wildman–Crippen LogP) is 6.84. The van der Waals surface area contributed by atoms with Crippen molar-refractivity contribution in [3.8, 4) is 5.75 Å². The van der Waals surface area contributed by atoms with Gasteiger partial charge < -0.3 is 14.4 Å². The molecule has 1 fully saturated rings. The molecular formula is C36H47ClN2O4S. The van der Waals surface area contributed by atoms with Crippen LogP contribution in [0.4, 0.5) is 5.69 Å². The molecule has 1 saturated carbocycles. The largest absolute Gasteiger partial charge is 0.490 e. The van der Waals surface area contributed by atoms with Gasteiger partial charge in [0.2, 0.25) is 0 Å². The van der Waals surface area contributed by atoms with E-state index in [4.69, 9.17) is 21.1 Å². The van der Waals surface area contributed by atoms with Crippen LogP contribution in [0, 0.1) is 23.7 Å². The highest BCUT2D eigenvalue weighted by atomic mass is 35.5. The van der Waals surface area contributed by atoms with E-state index in [2.05, 4.69) is 60.5 Å². The molecule has 1 unspecified atom stereocenters. The Hall–Kier alpha value is -2.48. The Morgan fingerprint density at radius 2 is 2.02 bits per heavy atom. The average Bonchev–Trinajstić information content (AvgIpc) is 3.10. The third kappa shape index (κ3) is 5.92. The number of nitrogens with one attached hydrogen (secondary N) is 1. The third-order valence-corrected chi connectivity index (χ3v) is 13.3. The van der Waals surface area contributed by atoms with Crippen molar-refractivity contribution >= 4 is 38.8 Å². The Morgan fingerprint density at radius 1 is 1.20 bits per heavy atom. The third-order valence-electron chi connectivity index (χ3n) is 10.7. The van der Waals surface area contributed by atoms with Crippen LogP contribution in [0.25, 0.3) is 0 Å². The SMILES string of the molecule is C=S1(=O)NC(=O)c2ccc3c(c2)N(C[C@@H]2CC[C@H]2[C@@H](OC)/C=C/C[C@H](C)[C@@H]1C(C)C)C[C@@]1(CCCc2cc(Cl)ccc21)CO3. The van der Waals surface area contributed by atoms with E-state index in [1.54, 1.807) is 6.07 Å². The molecule has 8 heteroatoms. The van der Waals surface area contributed by atoms with Gasteiger partial charge in [-0.25, -0.2) is 4.21 Å². The standard InChI is InChI=1S/C36H47ClN2O4S/c1-23(2)34-24(3)8-6-10-32(42-4)29-14-11-27(29)20-39-21-36(17-7-9-25-18-28(37)13-15-30(25)36)22-43-33-16-12-26(19-31(33)39)35(40)38-44(34,5)41/h6,10,12-13,15-16,18-19,23-24,27,29,32,34H,5,7-9,11,14,17,20-22H2,1-4H3,(H,38,40,41)/b10-6+/t24-,27-,29+,32-,34-,36-,44?/m0/s1. The van der Waals surface area contributed by atoms with Crippen LogP contribution in [0.1, 0.15) is 74.4 Å². The molecule has 0 aromatic heterocycles. The van der Waals surface area contributed by atoms with Gasteiger partial charge in [0.1, 0.15) is 5.75 Å². The van der Waals surface area contributed by atoms with E-state index < -0.39 is 9.71 Å². The highest BCUT2D eigenvalue weighted by Crippen LogP contribution is 2.47. The smallest absolute Gasteiger partial charge is 0.262 e. The van der Waals surface area contributed by atoms with Crippen LogP contribution < -0.4 is 14.4 Å². The number of hydrogen-bond acceptors (Lipinski definition) is 5. The fourth-order valence-electron chi connectivity index (χ4n) is 8.51. The molecule has 6 nitrogen and oxygen atoms in total. The van der Waals surface area contributed by atoms with Crippen LogP contribution >= 0.6 is 11.6 Å². The normalized spacial score (nSPS) is 34.6. The monoisotopic (exact) mass is 638 g/mol. The Labute approximate surface area is 268 Å². The van der Waals surface area contributed by atoms with Crippen molar-refractivity contribution in [2.24, 2.45) is 23.7 Å². The second kappa shape index (κ2) is 12.4. The molecule has 44 heavy (non-hydrogen) atoms. The second-order valence-electron chi connectivity index (χ2n) is 14.0. The lowest BCUT2D eigenvalue weighted by Gasteiger charge is -2.46. The molecule has 1 N–H and O–H groups in total. The number of anilines is 1. The maximum Gasteiger partial charge on any atom is 0.262 e. The number of ether oxygens (including phenoxy) is 2. The number of rotatable bonds is 2. The summed E-state index contributed by atoms with van der Waals surface area (Å²) in [7, 11) is -1.14. The number of allylic oxidation sites excluding steroid dienone is 1. The van der Waals surface area contributed by atoms with Crippen LogP contribution in [-0.2, 0) is 26.3 Å². The minimum Gasteiger partial charge on any atom is -0.490 e. The highest BCUT2D eigenvalue weighted by Gasteiger charge is 2.44. The van der Waals surface area contributed by atoms with E-state index in [1.807, 2.05) is 25.3 Å². The van der Waals surface area contributed by atoms with Gasteiger partial charge in [-0.3, -0.25) is 9.52 Å². The summed E-state index contributed by atoms with van der Waals surface area (Å²) in [5.41, 5.74) is 3.82. The number of nitrogens with zero attached hydrogens (tertiary/aromatic N) is 1. The van der Waals surface area contributed by atoms with Crippen LogP contribution in [0.5, 0.6) is 5.75 Å². The van der Waals surface area contributed by atoms with Gasteiger partial charge in [-0.1, -0.05) is 50.6 Å². The molecule has 2 aromatic rings. The van der Waals surface area contributed by atoms with E-state index in [0.29, 0.717) is 24.0 Å². The molecule has 238 valence electrons. The minimum atomic E-state index is -2.95. The predicted molar refractivity (Wildman–Crippen MR) is 182 cm³/mol. The zero-order chi connectivity index (χ0) is 31.2. The molecule has 2 aliphatic heterocycles. The van der Waals surface area contributed by atoms with Gasteiger partial charge in [-0.2, -0.15) is 0 Å². The van der Waals surface area contributed by atoms with Gasteiger partial charge in [0.05, 0.1) is 33.4 Å². The zero-order valence-electron chi connectivity index (χ0n) is 26.5. The van der Waals surface area contributed by atoms with E-state index in [-0.39, 0.29) is 34.5 Å². The molecule has 2 heterocycles. The fraction of sp³-hybridized carbons (Fsp3) is 0.556. The lowest BCUT2D eigenvalue weighted by Crippen LogP contribution is -2.49. The summed E-state index contributed by atoms with van der Waals surface area (Å²) in [6, 6.07) is 12.0. The zero-order valence-corrected chi connectivity index (χ0v) is 28.1. The topological polar surface area (TPSA) is 67.9 Å². The van der Waals surface area contributed by atoms with Gasteiger partial charge in [0.15, 0.2) is 0 Å². The molecule has 2 bridgehead atoms. The number of halogens is 1. The number of fused-ring (bicyclic) bond motifs is 4. The molecule has 1 amide bonds. The minimum absolute atomic E-state index is 0.0238. The van der Waals surface area contributed by atoms with Crippen LogP contribution in [0.2, 0.25) is 5.02 Å². The van der Waals surface area contributed by atoms with Gasteiger partial charge in [0, 0.05) is 36.2 Å². The van der Waals surface area contributed by atoms with Crippen molar-refractivity contribution < 1.29 is 18.5 Å². The second-order valence-corrected chi connectivity index (χ2v) is 16.6. The van der Waals surface area contributed by atoms with Crippen molar-refractivity contribution in [3.63, 3.8) is 0 Å². The Bertz CT molecular complexity index is 1540. The van der Waals surface area contributed by atoms with Crippen molar-refractivity contribution in [1.29, 1.82) is 0 Å². The maximum atomic E-state index is 14.1. The van der Waals surface area contributed by atoms with Crippen LogP contribution in [-0.4, -0.2) is 54.1 Å². The molecule has 7 atom stereocenters. The molecule has 2 aromatic carbocycles. The van der Waals surface area contributed by atoms with Crippen LogP contribution in [0.15, 0.2) is 48.6 Å². The van der Waals surface area contributed by atoms with E-state index in [9.17, 15) is 9.00 Å². The van der Waals surface area contributed by atoms with E-state index >= 15 is 0 Å². The Balaban J connectivity index is 1.44. The first-order chi connectivity index (χ1) is 21.0. The summed E-state index contributed by atoms with van der Waals surface area (Å²) in [6.07, 6.45) is 10.5. The molecule has 1 spiro atoms. The van der Waals surface area contributed by atoms with E-state index in [0.717, 1.165) is 68.1 Å². The summed E-state index contributed by atoms with van der Waals surface area (Å²) in [5, 5.41) is 0.494. The van der Waals surface area contributed by atoms with Crippen LogP contribution in [0.3, 0.4) is 0 Å². The summed E-state index contributed by atoms with van der Waals surface area (Å²) in [5.74, 6) is 5.53. The van der Waals surface area contributed by atoms with Gasteiger partial charge in [-0.15, -0.1) is 0 Å². The number of methoxy groups -OCH3 is 1. The van der Waals surface area contributed by atoms with Gasteiger partial charge >= 0.3 is 0 Å². The molecule has 6 rings (SSSR count). The Kier molecular flexibility index (Phi) is 8.86. The van der Waals surface area contributed by atoms with Crippen molar-refractivity contribution in [2.45, 2.75) is 76.1 Å². The summed E-state index contributed by atoms with van der Waals surface area (Å²) in [4.78, 5) is 16.2. The number of carbonyl (C=O) groups excluding carboxylic acids is 1. The van der Waals surface area contributed by atoms with Crippen molar-refractivity contribution in [1.82, 2.24) is 4.72 Å². The first-order valence-corrected chi connectivity index (χ1v) is 18.4. The number of hydrogen-bond donors (Lipinski definition) is 1.